The molecule has 4 heteroatoms. The van der Waals surface area contributed by atoms with Crippen molar-refractivity contribution in [1.82, 2.24) is 9.80 Å². The van der Waals surface area contributed by atoms with Gasteiger partial charge in [-0.25, -0.2) is 0 Å². The molecule has 0 aliphatic heterocycles. The zero-order valence-corrected chi connectivity index (χ0v) is 11.3. The second-order valence-corrected chi connectivity index (χ2v) is 4.77. The minimum absolute atomic E-state index is 0.369. The number of hydrogen-bond acceptors (Lipinski definition) is 4. The molecule has 0 saturated heterocycles. The first-order valence-corrected chi connectivity index (χ1v) is 5.62. The summed E-state index contributed by atoms with van der Waals surface area (Å²) in [5.41, 5.74) is 1.79. The lowest BCUT2D eigenvalue weighted by Gasteiger charge is -2.17. The van der Waals surface area contributed by atoms with Crippen LogP contribution in [0.2, 0.25) is 0 Å². The van der Waals surface area contributed by atoms with Gasteiger partial charge in [0, 0.05) is 24.2 Å². The lowest BCUT2D eigenvalue weighted by atomic mass is 10.1. The number of benzene rings is 1. The number of hydrogen-bond donors (Lipinski definition) is 1. The highest BCUT2D eigenvalue weighted by Gasteiger charge is 2.11. The number of ether oxygens (including phenoxy) is 1. The Labute approximate surface area is 103 Å². The average Bonchev–Trinajstić information content (AvgIpc) is 2.22. The Morgan fingerprint density at radius 3 is 1.71 bits per heavy atom. The molecular formula is C13H22N2O2. The fourth-order valence-electron chi connectivity index (χ4n) is 1.77. The van der Waals surface area contributed by atoms with E-state index >= 15 is 0 Å². The third-order valence-electron chi connectivity index (χ3n) is 2.45. The van der Waals surface area contributed by atoms with Gasteiger partial charge in [0.25, 0.3) is 0 Å². The quantitative estimate of drug-likeness (QED) is 0.844. The molecule has 0 radical (unpaired) electrons. The smallest absolute Gasteiger partial charge is 0.124 e. The molecule has 0 heterocycles. The Bertz CT molecular complexity index is 345. The molecule has 1 N–H and O–H groups in total. The van der Waals surface area contributed by atoms with E-state index in [0.717, 1.165) is 16.9 Å². The van der Waals surface area contributed by atoms with Gasteiger partial charge in [0.05, 0.1) is 7.11 Å². The third kappa shape index (κ3) is 3.91. The van der Waals surface area contributed by atoms with Crippen molar-refractivity contribution in [2.75, 3.05) is 35.3 Å². The van der Waals surface area contributed by atoms with Gasteiger partial charge in [-0.15, -0.1) is 0 Å². The van der Waals surface area contributed by atoms with Crippen LogP contribution in [0.15, 0.2) is 12.1 Å². The Balaban J connectivity index is 3.11. The minimum atomic E-state index is 0.369. The zero-order valence-electron chi connectivity index (χ0n) is 11.3. The number of rotatable bonds is 5. The van der Waals surface area contributed by atoms with E-state index in [0.29, 0.717) is 18.8 Å². The molecule has 1 aromatic carbocycles. The van der Waals surface area contributed by atoms with Crippen molar-refractivity contribution in [3.8, 4) is 11.5 Å². The van der Waals surface area contributed by atoms with Crippen molar-refractivity contribution in [3.05, 3.63) is 23.3 Å². The van der Waals surface area contributed by atoms with Gasteiger partial charge in [0.15, 0.2) is 0 Å². The second kappa shape index (κ2) is 5.89. The van der Waals surface area contributed by atoms with Crippen molar-refractivity contribution in [3.63, 3.8) is 0 Å². The monoisotopic (exact) mass is 238 g/mol. The van der Waals surface area contributed by atoms with Crippen molar-refractivity contribution in [1.29, 1.82) is 0 Å². The molecule has 1 rings (SSSR count). The van der Waals surface area contributed by atoms with E-state index in [1.165, 1.54) is 0 Å². The summed E-state index contributed by atoms with van der Waals surface area (Å²) in [5, 5.41) is 10.2. The second-order valence-electron chi connectivity index (χ2n) is 4.77. The van der Waals surface area contributed by atoms with E-state index in [4.69, 9.17) is 4.74 Å². The summed E-state index contributed by atoms with van der Waals surface area (Å²) in [6, 6.07) is 3.77. The SMILES string of the molecule is COc1cc(CN(C)C)c(O)c(CN(C)C)c1. The number of nitrogens with zero attached hydrogens (tertiary/aromatic N) is 2. The summed E-state index contributed by atoms with van der Waals surface area (Å²) in [6.45, 7) is 1.40. The first kappa shape index (κ1) is 13.8. The lowest BCUT2D eigenvalue weighted by Crippen LogP contribution is -2.14. The molecule has 0 saturated carbocycles. The predicted octanol–water partition coefficient (Wildman–Crippen LogP) is 1.52. The summed E-state index contributed by atoms with van der Waals surface area (Å²) in [6.07, 6.45) is 0. The molecule has 0 fully saturated rings. The number of aromatic hydroxyl groups is 1. The first-order valence-electron chi connectivity index (χ1n) is 5.62. The fraction of sp³-hybridized carbons (Fsp3) is 0.538. The molecule has 0 amide bonds. The van der Waals surface area contributed by atoms with E-state index < -0.39 is 0 Å². The number of phenols is 1. The molecule has 0 aromatic heterocycles. The third-order valence-corrected chi connectivity index (χ3v) is 2.45. The molecule has 1 aromatic rings. The van der Waals surface area contributed by atoms with Crippen molar-refractivity contribution in [2.45, 2.75) is 13.1 Å². The van der Waals surface area contributed by atoms with Crippen LogP contribution in [-0.4, -0.2) is 50.2 Å². The number of phenolic OH excluding ortho intramolecular Hbond substituents is 1. The summed E-state index contributed by atoms with van der Waals surface area (Å²) in [5.74, 6) is 1.16. The maximum atomic E-state index is 10.2. The van der Waals surface area contributed by atoms with Gasteiger partial charge in [-0.05, 0) is 40.3 Å². The Morgan fingerprint density at radius 2 is 1.41 bits per heavy atom. The summed E-state index contributed by atoms with van der Waals surface area (Å²) < 4.78 is 5.27. The van der Waals surface area contributed by atoms with Crippen LogP contribution in [0.5, 0.6) is 11.5 Å². The van der Waals surface area contributed by atoms with Gasteiger partial charge in [0.1, 0.15) is 11.5 Å². The van der Waals surface area contributed by atoms with Crippen molar-refractivity contribution >= 4 is 0 Å². The van der Waals surface area contributed by atoms with Crippen LogP contribution in [0.1, 0.15) is 11.1 Å². The maximum absolute atomic E-state index is 10.2. The molecule has 96 valence electrons. The Morgan fingerprint density at radius 1 is 1.00 bits per heavy atom. The number of methoxy groups -OCH3 is 1. The van der Waals surface area contributed by atoms with Gasteiger partial charge in [-0.2, -0.15) is 0 Å². The van der Waals surface area contributed by atoms with Crippen LogP contribution in [0.25, 0.3) is 0 Å². The van der Waals surface area contributed by atoms with Gasteiger partial charge < -0.3 is 19.6 Å². The molecular weight excluding hydrogens is 216 g/mol. The molecule has 0 spiro atoms. The van der Waals surface area contributed by atoms with Crippen LogP contribution in [0, 0.1) is 0 Å². The van der Waals surface area contributed by atoms with Crippen LogP contribution in [-0.2, 0) is 13.1 Å². The van der Waals surface area contributed by atoms with Crippen LogP contribution >= 0.6 is 0 Å². The highest BCUT2D eigenvalue weighted by molar-refractivity contribution is 5.46. The van der Waals surface area contributed by atoms with Crippen molar-refractivity contribution < 1.29 is 9.84 Å². The molecule has 17 heavy (non-hydrogen) atoms. The van der Waals surface area contributed by atoms with Gasteiger partial charge >= 0.3 is 0 Å². The Hall–Kier alpha value is -1.26. The maximum Gasteiger partial charge on any atom is 0.124 e. The largest absolute Gasteiger partial charge is 0.507 e. The standard InChI is InChI=1S/C13H22N2O2/c1-14(2)8-10-6-12(17-5)7-11(13(10)16)9-15(3)4/h6-7,16H,8-9H2,1-5H3. The molecule has 0 unspecified atom stereocenters. The van der Waals surface area contributed by atoms with E-state index in [1.54, 1.807) is 7.11 Å². The summed E-state index contributed by atoms with van der Waals surface area (Å²) in [4.78, 5) is 4.04. The minimum Gasteiger partial charge on any atom is -0.507 e. The van der Waals surface area contributed by atoms with Crippen LogP contribution in [0.3, 0.4) is 0 Å². The van der Waals surface area contributed by atoms with E-state index in [9.17, 15) is 5.11 Å². The molecule has 0 bridgehead atoms. The summed E-state index contributed by atoms with van der Waals surface area (Å²) >= 11 is 0. The zero-order chi connectivity index (χ0) is 13.0. The van der Waals surface area contributed by atoms with E-state index in [-0.39, 0.29) is 0 Å². The highest BCUT2D eigenvalue weighted by Crippen LogP contribution is 2.29. The molecule has 0 aliphatic rings. The molecule has 0 aliphatic carbocycles. The highest BCUT2D eigenvalue weighted by atomic mass is 16.5. The van der Waals surface area contributed by atoms with Crippen LogP contribution in [0.4, 0.5) is 0 Å². The van der Waals surface area contributed by atoms with Gasteiger partial charge in [-0.3, -0.25) is 0 Å². The normalized spacial score (nSPS) is 11.2. The summed E-state index contributed by atoms with van der Waals surface area (Å²) in [7, 11) is 9.55. The van der Waals surface area contributed by atoms with Crippen LogP contribution < -0.4 is 4.74 Å². The average molecular weight is 238 g/mol. The first-order chi connectivity index (χ1) is 7.93. The topological polar surface area (TPSA) is 35.9 Å². The lowest BCUT2D eigenvalue weighted by molar-refractivity contribution is 0.361. The fourth-order valence-corrected chi connectivity index (χ4v) is 1.77. The van der Waals surface area contributed by atoms with E-state index in [2.05, 4.69) is 0 Å². The van der Waals surface area contributed by atoms with Gasteiger partial charge in [0.2, 0.25) is 0 Å². The Kier molecular flexibility index (Phi) is 4.78. The van der Waals surface area contributed by atoms with Crippen molar-refractivity contribution in [2.24, 2.45) is 0 Å². The predicted molar refractivity (Wildman–Crippen MR) is 69.4 cm³/mol. The molecule has 0 atom stereocenters. The molecule has 4 nitrogen and oxygen atoms in total. The van der Waals surface area contributed by atoms with E-state index in [1.807, 2.05) is 50.1 Å². The van der Waals surface area contributed by atoms with Gasteiger partial charge in [-0.1, -0.05) is 0 Å².